The number of nitrogens with one attached hydrogen (secondary N) is 1. The van der Waals surface area contributed by atoms with Gasteiger partial charge in [-0.3, -0.25) is 25.0 Å². The molecule has 0 atom stereocenters. The molecule has 1 aliphatic rings. The Morgan fingerprint density at radius 1 is 1.06 bits per heavy atom. The summed E-state index contributed by atoms with van der Waals surface area (Å²) in [7, 11) is 0. The number of hydrogen-bond acceptors (Lipinski definition) is 9. The molecular formula is C19H17FN4O8. The highest BCUT2D eigenvalue weighted by molar-refractivity contribution is 5.99. The number of rotatable bonds is 7. The number of ether oxygens (including phenoxy) is 2. The summed E-state index contributed by atoms with van der Waals surface area (Å²) in [5, 5.41) is 24.0. The Balaban J connectivity index is 1.73. The molecule has 1 heterocycles. The Bertz CT molecular complexity index is 1070. The minimum Gasteiger partial charge on any atom is -0.452 e. The lowest BCUT2D eigenvalue weighted by atomic mass is 10.1. The maximum absolute atomic E-state index is 13.8. The number of halogens is 1. The normalized spacial score (nSPS) is 13.3. The molecule has 1 N–H and O–H groups in total. The fourth-order valence-corrected chi connectivity index (χ4v) is 3.00. The van der Waals surface area contributed by atoms with Gasteiger partial charge in [0.05, 0.1) is 40.0 Å². The molecule has 2 aromatic carbocycles. The average Bonchev–Trinajstić information content (AvgIpc) is 2.78. The van der Waals surface area contributed by atoms with Gasteiger partial charge in [0.1, 0.15) is 5.82 Å². The standard InChI is InChI=1S/C19H17FN4O8/c20-15-3-1-13(24(29)30)10-16(15)21-18(25)11-32-19(26)14-9-12(23(27)28)2-4-17(14)22-5-7-31-8-6-22/h1-4,9-10H,5-8,11H2,(H,21,25). The number of esters is 1. The zero-order chi connectivity index (χ0) is 23.3. The molecule has 3 rings (SSSR count). The van der Waals surface area contributed by atoms with Crippen LogP contribution in [0.2, 0.25) is 0 Å². The Morgan fingerprint density at radius 3 is 2.34 bits per heavy atom. The molecule has 0 spiro atoms. The molecule has 0 saturated carbocycles. The van der Waals surface area contributed by atoms with Crippen molar-refractivity contribution in [1.82, 2.24) is 0 Å². The SMILES string of the molecule is O=C(COC(=O)c1cc([N+](=O)[O-])ccc1N1CCOCC1)Nc1cc([N+](=O)[O-])ccc1F. The number of benzene rings is 2. The topological polar surface area (TPSA) is 154 Å². The van der Waals surface area contributed by atoms with Crippen molar-refractivity contribution in [3.8, 4) is 0 Å². The van der Waals surface area contributed by atoms with Crippen molar-refractivity contribution >= 4 is 34.6 Å². The third kappa shape index (κ3) is 5.31. The largest absolute Gasteiger partial charge is 0.452 e. The number of nitrogens with zero attached hydrogens (tertiary/aromatic N) is 3. The number of carbonyl (C=O) groups excluding carboxylic acids is 2. The molecular weight excluding hydrogens is 431 g/mol. The number of carbonyl (C=O) groups is 2. The monoisotopic (exact) mass is 448 g/mol. The van der Waals surface area contributed by atoms with Gasteiger partial charge in [0.2, 0.25) is 0 Å². The highest BCUT2D eigenvalue weighted by Crippen LogP contribution is 2.27. The van der Waals surface area contributed by atoms with Crippen molar-refractivity contribution in [2.45, 2.75) is 0 Å². The third-order valence-corrected chi connectivity index (χ3v) is 4.53. The van der Waals surface area contributed by atoms with Gasteiger partial charge in [-0.1, -0.05) is 0 Å². The van der Waals surface area contributed by atoms with Crippen LogP contribution in [0.5, 0.6) is 0 Å². The predicted molar refractivity (Wildman–Crippen MR) is 108 cm³/mol. The van der Waals surface area contributed by atoms with Crippen molar-refractivity contribution in [2.75, 3.05) is 43.1 Å². The summed E-state index contributed by atoms with van der Waals surface area (Å²) < 4.78 is 24.0. The lowest BCUT2D eigenvalue weighted by Gasteiger charge is -2.30. The minimum absolute atomic E-state index is 0.115. The van der Waals surface area contributed by atoms with Gasteiger partial charge in [-0.2, -0.15) is 0 Å². The minimum atomic E-state index is -0.996. The Morgan fingerprint density at radius 2 is 1.69 bits per heavy atom. The van der Waals surface area contributed by atoms with Gasteiger partial charge in [-0.05, 0) is 12.1 Å². The lowest BCUT2D eigenvalue weighted by molar-refractivity contribution is -0.385. The van der Waals surface area contributed by atoms with Crippen LogP contribution in [0.25, 0.3) is 0 Å². The number of morpholine rings is 1. The van der Waals surface area contributed by atoms with E-state index in [4.69, 9.17) is 9.47 Å². The van der Waals surface area contributed by atoms with E-state index in [0.29, 0.717) is 32.0 Å². The van der Waals surface area contributed by atoms with Gasteiger partial charge in [0.25, 0.3) is 17.3 Å². The second-order valence-corrected chi connectivity index (χ2v) is 6.60. The summed E-state index contributed by atoms with van der Waals surface area (Å²) >= 11 is 0. The number of nitro benzene ring substituents is 2. The molecule has 1 amide bonds. The van der Waals surface area contributed by atoms with Crippen LogP contribution in [0.15, 0.2) is 36.4 Å². The van der Waals surface area contributed by atoms with E-state index in [-0.39, 0.29) is 11.3 Å². The van der Waals surface area contributed by atoms with Crippen LogP contribution in [0.3, 0.4) is 0 Å². The highest BCUT2D eigenvalue weighted by atomic mass is 19.1. The maximum atomic E-state index is 13.8. The van der Waals surface area contributed by atoms with E-state index in [2.05, 4.69) is 5.32 Å². The maximum Gasteiger partial charge on any atom is 0.341 e. The lowest BCUT2D eigenvalue weighted by Crippen LogP contribution is -2.37. The molecule has 0 radical (unpaired) electrons. The van der Waals surface area contributed by atoms with Crippen LogP contribution in [0.4, 0.5) is 27.1 Å². The molecule has 168 valence electrons. The van der Waals surface area contributed by atoms with E-state index in [1.54, 1.807) is 4.90 Å². The van der Waals surface area contributed by atoms with Gasteiger partial charge in [0.15, 0.2) is 6.61 Å². The van der Waals surface area contributed by atoms with Crippen molar-refractivity contribution < 1.29 is 33.3 Å². The second kappa shape index (κ2) is 9.78. The van der Waals surface area contributed by atoms with Crippen molar-refractivity contribution in [3.63, 3.8) is 0 Å². The fourth-order valence-electron chi connectivity index (χ4n) is 3.00. The fraction of sp³-hybridized carbons (Fsp3) is 0.263. The van der Waals surface area contributed by atoms with Crippen LogP contribution in [0.1, 0.15) is 10.4 Å². The van der Waals surface area contributed by atoms with Crippen molar-refractivity contribution in [1.29, 1.82) is 0 Å². The second-order valence-electron chi connectivity index (χ2n) is 6.60. The number of non-ortho nitro benzene ring substituents is 2. The third-order valence-electron chi connectivity index (χ3n) is 4.53. The van der Waals surface area contributed by atoms with E-state index in [0.717, 1.165) is 24.3 Å². The molecule has 13 heteroatoms. The number of anilines is 2. The Hall–Kier alpha value is -4.13. The van der Waals surface area contributed by atoms with E-state index >= 15 is 0 Å². The van der Waals surface area contributed by atoms with Crippen LogP contribution in [-0.2, 0) is 14.3 Å². The van der Waals surface area contributed by atoms with E-state index in [1.807, 2.05) is 0 Å². The summed E-state index contributed by atoms with van der Waals surface area (Å²) in [6.45, 7) is 0.868. The van der Waals surface area contributed by atoms with Gasteiger partial charge < -0.3 is 19.7 Å². The average molecular weight is 448 g/mol. The first-order valence-electron chi connectivity index (χ1n) is 9.28. The summed E-state index contributed by atoms with van der Waals surface area (Å²) in [5.74, 6) is -2.86. The van der Waals surface area contributed by atoms with Crippen LogP contribution >= 0.6 is 0 Å². The first-order valence-corrected chi connectivity index (χ1v) is 9.28. The van der Waals surface area contributed by atoms with Gasteiger partial charge in [-0.25, -0.2) is 9.18 Å². The number of hydrogen-bond donors (Lipinski definition) is 1. The van der Waals surface area contributed by atoms with E-state index < -0.39 is 45.5 Å². The molecule has 0 unspecified atom stereocenters. The van der Waals surface area contributed by atoms with Gasteiger partial charge >= 0.3 is 5.97 Å². The molecule has 0 aromatic heterocycles. The molecule has 1 fully saturated rings. The van der Waals surface area contributed by atoms with E-state index in [9.17, 15) is 34.2 Å². The van der Waals surface area contributed by atoms with Gasteiger partial charge in [-0.15, -0.1) is 0 Å². The molecule has 0 aliphatic carbocycles. The molecule has 2 aromatic rings. The zero-order valence-electron chi connectivity index (χ0n) is 16.5. The zero-order valence-corrected chi connectivity index (χ0v) is 16.5. The molecule has 1 saturated heterocycles. The van der Waals surface area contributed by atoms with Crippen LogP contribution < -0.4 is 10.2 Å². The smallest absolute Gasteiger partial charge is 0.341 e. The summed E-state index contributed by atoms with van der Waals surface area (Å²) in [6.07, 6.45) is 0. The summed E-state index contributed by atoms with van der Waals surface area (Å²) in [5.41, 5.74) is -0.961. The molecule has 32 heavy (non-hydrogen) atoms. The van der Waals surface area contributed by atoms with Crippen LogP contribution in [0, 0.1) is 26.0 Å². The van der Waals surface area contributed by atoms with E-state index in [1.165, 1.54) is 12.1 Å². The molecule has 1 aliphatic heterocycles. The van der Waals surface area contributed by atoms with Crippen molar-refractivity contribution in [2.24, 2.45) is 0 Å². The molecule has 12 nitrogen and oxygen atoms in total. The highest BCUT2D eigenvalue weighted by Gasteiger charge is 2.24. The Labute approximate surface area is 179 Å². The van der Waals surface area contributed by atoms with Crippen molar-refractivity contribution in [3.05, 3.63) is 68.0 Å². The summed E-state index contributed by atoms with van der Waals surface area (Å²) in [6, 6.07) is 6.29. The Kier molecular flexibility index (Phi) is 6.90. The van der Waals surface area contributed by atoms with Gasteiger partial charge in [0, 0.05) is 37.4 Å². The predicted octanol–water partition coefficient (Wildman–Crippen LogP) is 2.27. The molecule has 0 bridgehead atoms. The first kappa shape index (κ1) is 22.6. The summed E-state index contributed by atoms with van der Waals surface area (Å²) in [4.78, 5) is 47.0. The number of nitro groups is 2. The van der Waals surface area contributed by atoms with Crippen LogP contribution in [-0.4, -0.2) is 54.6 Å². The first-order chi connectivity index (χ1) is 15.3. The quantitative estimate of drug-likeness (QED) is 0.381. The number of amides is 1.